The van der Waals surface area contributed by atoms with Crippen molar-refractivity contribution in [3.8, 4) is 5.75 Å². The molecule has 0 unspecified atom stereocenters. The van der Waals surface area contributed by atoms with Gasteiger partial charge in [0.1, 0.15) is 12.4 Å². The molecule has 32 heavy (non-hydrogen) atoms. The molecule has 4 aromatic rings. The van der Waals surface area contributed by atoms with Crippen LogP contribution in [-0.4, -0.2) is 10.9 Å². The van der Waals surface area contributed by atoms with Crippen LogP contribution in [-0.2, 0) is 18.9 Å². The van der Waals surface area contributed by atoms with Gasteiger partial charge in [0.05, 0.1) is 0 Å². The predicted octanol–water partition coefficient (Wildman–Crippen LogP) is 5.88. The number of nitrogens with zero attached hydrogens (tertiary/aromatic N) is 1. The zero-order valence-electron chi connectivity index (χ0n) is 17.6. The SMILES string of the molecule is O=C(NCc1cccnc1)c1ccc(SCc2ccccc2OCc2ccccc2)cc1. The molecular formula is C27H24N2O2S. The van der Waals surface area contributed by atoms with Gasteiger partial charge in [-0.2, -0.15) is 0 Å². The summed E-state index contributed by atoms with van der Waals surface area (Å²) in [6, 6.07) is 29.8. The summed E-state index contributed by atoms with van der Waals surface area (Å²) in [5.41, 5.74) is 3.91. The van der Waals surface area contributed by atoms with E-state index in [0.29, 0.717) is 18.7 Å². The van der Waals surface area contributed by atoms with Gasteiger partial charge in [0, 0.05) is 40.7 Å². The molecule has 5 heteroatoms. The number of benzene rings is 3. The van der Waals surface area contributed by atoms with Gasteiger partial charge in [-0.3, -0.25) is 9.78 Å². The van der Waals surface area contributed by atoms with Gasteiger partial charge in [0.25, 0.3) is 5.91 Å². The Morgan fingerprint density at radius 3 is 2.38 bits per heavy atom. The van der Waals surface area contributed by atoms with Gasteiger partial charge in [0.2, 0.25) is 0 Å². The minimum atomic E-state index is -0.0925. The molecule has 0 aliphatic heterocycles. The first kappa shape index (κ1) is 21.7. The molecule has 0 spiro atoms. The zero-order chi connectivity index (χ0) is 22.0. The van der Waals surface area contributed by atoms with Crippen LogP contribution in [0.25, 0.3) is 0 Å². The fraction of sp³-hybridized carbons (Fsp3) is 0.111. The Balaban J connectivity index is 1.31. The number of para-hydroxylation sites is 1. The van der Waals surface area contributed by atoms with E-state index in [0.717, 1.165) is 33.1 Å². The second kappa shape index (κ2) is 11.2. The number of rotatable bonds is 9. The molecular weight excluding hydrogens is 416 g/mol. The zero-order valence-corrected chi connectivity index (χ0v) is 18.4. The lowest BCUT2D eigenvalue weighted by Crippen LogP contribution is -2.22. The number of carbonyl (C=O) groups excluding carboxylic acids is 1. The Hall–Kier alpha value is -3.57. The predicted molar refractivity (Wildman–Crippen MR) is 129 cm³/mol. The summed E-state index contributed by atoms with van der Waals surface area (Å²) in [6.07, 6.45) is 3.47. The first-order valence-electron chi connectivity index (χ1n) is 10.4. The highest BCUT2D eigenvalue weighted by Gasteiger charge is 2.08. The quantitative estimate of drug-likeness (QED) is 0.330. The number of pyridine rings is 1. The minimum absolute atomic E-state index is 0.0925. The molecule has 0 fully saturated rings. The van der Waals surface area contributed by atoms with Crippen molar-refractivity contribution in [2.75, 3.05) is 0 Å². The summed E-state index contributed by atoms with van der Waals surface area (Å²) < 4.78 is 6.05. The molecule has 1 aromatic heterocycles. The Kier molecular flexibility index (Phi) is 7.55. The molecule has 3 aromatic carbocycles. The normalized spacial score (nSPS) is 10.5. The molecule has 0 saturated carbocycles. The van der Waals surface area contributed by atoms with Crippen molar-refractivity contribution in [3.63, 3.8) is 0 Å². The second-order valence-corrected chi connectivity index (χ2v) is 8.29. The summed E-state index contributed by atoms with van der Waals surface area (Å²) in [5.74, 6) is 1.60. The molecule has 0 aliphatic carbocycles. The summed E-state index contributed by atoms with van der Waals surface area (Å²) in [5, 5.41) is 2.93. The lowest BCUT2D eigenvalue weighted by atomic mass is 10.2. The number of aromatic nitrogens is 1. The van der Waals surface area contributed by atoms with Crippen LogP contribution in [0.1, 0.15) is 27.0 Å². The van der Waals surface area contributed by atoms with E-state index in [1.165, 1.54) is 0 Å². The number of hydrogen-bond acceptors (Lipinski definition) is 4. The monoisotopic (exact) mass is 440 g/mol. The topological polar surface area (TPSA) is 51.2 Å². The third-order valence-corrected chi connectivity index (χ3v) is 5.96. The maximum atomic E-state index is 12.4. The van der Waals surface area contributed by atoms with Crippen molar-refractivity contribution in [2.45, 2.75) is 23.8 Å². The van der Waals surface area contributed by atoms with Crippen molar-refractivity contribution in [3.05, 3.63) is 126 Å². The molecule has 4 rings (SSSR count). The van der Waals surface area contributed by atoms with Crippen molar-refractivity contribution in [1.29, 1.82) is 0 Å². The largest absolute Gasteiger partial charge is 0.489 e. The highest BCUT2D eigenvalue weighted by Crippen LogP contribution is 2.28. The Bertz CT molecular complexity index is 1130. The highest BCUT2D eigenvalue weighted by atomic mass is 32.2. The molecule has 1 amide bonds. The van der Waals surface area contributed by atoms with Gasteiger partial charge >= 0.3 is 0 Å². The number of hydrogen-bond donors (Lipinski definition) is 1. The van der Waals surface area contributed by atoms with E-state index in [-0.39, 0.29) is 5.91 Å². The first-order valence-corrected chi connectivity index (χ1v) is 11.4. The molecule has 4 nitrogen and oxygen atoms in total. The van der Waals surface area contributed by atoms with Crippen molar-refractivity contribution in [1.82, 2.24) is 10.3 Å². The average Bonchev–Trinajstić information content (AvgIpc) is 2.87. The first-order chi connectivity index (χ1) is 15.8. The van der Waals surface area contributed by atoms with Crippen LogP contribution < -0.4 is 10.1 Å². The molecule has 160 valence electrons. The second-order valence-electron chi connectivity index (χ2n) is 7.24. The molecule has 0 saturated heterocycles. The van der Waals surface area contributed by atoms with Gasteiger partial charge in [0.15, 0.2) is 0 Å². The Morgan fingerprint density at radius 1 is 0.844 bits per heavy atom. The molecule has 0 radical (unpaired) electrons. The lowest BCUT2D eigenvalue weighted by molar-refractivity contribution is 0.0951. The maximum absolute atomic E-state index is 12.4. The van der Waals surface area contributed by atoms with E-state index in [9.17, 15) is 4.79 Å². The van der Waals surface area contributed by atoms with Gasteiger partial charge in [-0.25, -0.2) is 0 Å². The lowest BCUT2D eigenvalue weighted by Gasteiger charge is -2.12. The smallest absolute Gasteiger partial charge is 0.251 e. The average molecular weight is 441 g/mol. The van der Waals surface area contributed by atoms with Gasteiger partial charge < -0.3 is 10.1 Å². The summed E-state index contributed by atoms with van der Waals surface area (Å²) in [7, 11) is 0. The van der Waals surface area contributed by atoms with Gasteiger partial charge in [-0.1, -0.05) is 54.6 Å². The Labute approximate surface area is 192 Å². The van der Waals surface area contributed by atoms with Crippen LogP contribution in [0.2, 0.25) is 0 Å². The highest BCUT2D eigenvalue weighted by molar-refractivity contribution is 7.98. The van der Waals surface area contributed by atoms with Crippen LogP contribution in [0, 0.1) is 0 Å². The van der Waals surface area contributed by atoms with Gasteiger partial charge in [-0.15, -0.1) is 11.8 Å². The van der Waals surface area contributed by atoms with Gasteiger partial charge in [-0.05, 0) is 47.5 Å². The van der Waals surface area contributed by atoms with Crippen LogP contribution in [0.4, 0.5) is 0 Å². The fourth-order valence-electron chi connectivity index (χ4n) is 3.15. The van der Waals surface area contributed by atoms with Crippen molar-refractivity contribution >= 4 is 17.7 Å². The van der Waals surface area contributed by atoms with E-state index in [2.05, 4.69) is 28.5 Å². The van der Waals surface area contributed by atoms with E-state index in [4.69, 9.17) is 4.74 Å². The van der Waals surface area contributed by atoms with Crippen LogP contribution in [0.5, 0.6) is 5.75 Å². The molecule has 1 N–H and O–H groups in total. The van der Waals surface area contributed by atoms with Crippen LogP contribution >= 0.6 is 11.8 Å². The number of thioether (sulfide) groups is 1. The van der Waals surface area contributed by atoms with Crippen molar-refractivity contribution < 1.29 is 9.53 Å². The van der Waals surface area contributed by atoms with Crippen molar-refractivity contribution in [2.24, 2.45) is 0 Å². The molecule has 1 heterocycles. The molecule has 0 aliphatic rings. The molecule has 0 atom stereocenters. The van der Waals surface area contributed by atoms with Crippen LogP contribution in [0.3, 0.4) is 0 Å². The number of ether oxygens (including phenoxy) is 1. The number of amides is 1. The number of nitrogens with one attached hydrogen (secondary N) is 1. The summed E-state index contributed by atoms with van der Waals surface area (Å²) in [6.45, 7) is 1.01. The fourth-order valence-corrected chi connectivity index (χ4v) is 4.04. The van der Waals surface area contributed by atoms with E-state index in [1.807, 2.05) is 72.8 Å². The number of carbonyl (C=O) groups is 1. The minimum Gasteiger partial charge on any atom is -0.489 e. The maximum Gasteiger partial charge on any atom is 0.251 e. The molecule has 0 bridgehead atoms. The summed E-state index contributed by atoms with van der Waals surface area (Å²) >= 11 is 1.72. The summed E-state index contributed by atoms with van der Waals surface area (Å²) in [4.78, 5) is 17.6. The Morgan fingerprint density at radius 2 is 1.59 bits per heavy atom. The third kappa shape index (κ3) is 6.22. The van der Waals surface area contributed by atoms with E-state index in [1.54, 1.807) is 24.2 Å². The van der Waals surface area contributed by atoms with Crippen LogP contribution in [0.15, 0.2) is 108 Å². The standard InChI is InChI=1S/C27H24N2O2S/c30-27(29-18-22-9-6-16-28-17-22)23-12-14-25(15-13-23)32-20-24-10-4-5-11-26(24)31-19-21-7-2-1-3-8-21/h1-17H,18-20H2,(H,29,30). The van der Waals surface area contributed by atoms with E-state index >= 15 is 0 Å². The van der Waals surface area contributed by atoms with E-state index < -0.39 is 0 Å². The third-order valence-electron chi connectivity index (χ3n) is 4.90.